The molecule has 1 atom stereocenters. The maximum absolute atomic E-state index is 10.0. The van der Waals surface area contributed by atoms with E-state index in [1.54, 1.807) is 0 Å². The Morgan fingerprint density at radius 1 is 1.90 bits per heavy atom. The van der Waals surface area contributed by atoms with Crippen molar-refractivity contribution in [3.63, 3.8) is 0 Å². The van der Waals surface area contributed by atoms with Crippen molar-refractivity contribution in [1.82, 2.24) is 0 Å². The summed E-state index contributed by atoms with van der Waals surface area (Å²) in [6.07, 6.45) is -0.405. The Morgan fingerprint density at radius 3 is 2.90 bits per heavy atom. The van der Waals surface area contributed by atoms with Crippen LogP contribution >= 0.6 is 0 Å². The highest BCUT2D eigenvalue weighted by Crippen LogP contribution is 1.99. The zero-order valence-corrected chi connectivity index (χ0v) is 5.83. The number of nitrogens with two attached hydrogens (primary N) is 1. The molecule has 0 aliphatic heterocycles. The van der Waals surface area contributed by atoms with E-state index < -0.39 is 6.09 Å². The molecule has 1 amide bonds. The number of rotatable bonds is 3. The van der Waals surface area contributed by atoms with Crippen LogP contribution in [0.15, 0.2) is 0 Å². The molecule has 0 heterocycles. The van der Waals surface area contributed by atoms with Crippen LogP contribution in [0.2, 0.25) is 0 Å². The normalized spacial score (nSPS) is 11.6. The Labute approximate surface area is 59.6 Å². The number of amides is 1. The molecule has 0 rings (SSSR count). The van der Waals surface area contributed by atoms with Gasteiger partial charge in [-0.25, -0.2) is 4.79 Å². The van der Waals surface area contributed by atoms with Crippen LogP contribution in [0.3, 0.4) is 0 Å². The van der Waals surface area contributed by atoms with Crippen LogP contribution in [0, 0.1) is 17.2 Å². The van der Waals surface area contributed by atoms with Gasteiger partial charge in [-0.1, -0.05) is 6.92 Å². The van der Waals surface area contributed by atoms with Gasteiger partial charge in [-0.05, 0) is 0 Å². The van der Waals surface area contributed by atoms with E-state index in [4.69, 9.17) is 11.0 Å². The molecule has 0 aromatic heterocycles. The van der Waals surface area contributed by atoms with E-state index in [0.29, 0.717) is 6.42 Å². The van der Waals surface area contributed by atoms with E-state index in [-0.39, 0.29) is 12.5 Å². The van der Waals surface area contributed by atoms with Crippen LogP contribution in [-0.4, -0.2) is 12.7 Å². The average molecular weight is 142 g/mol. The van der Waals surface area contributed by atoms with Gasteiger partial charge in [0.1, 0.15) is 0 Å². The standard InChI is InChI=1S/C6H10N2O2/c1-5(2-3-7)4-10-6(8)9/h5H,2,4H2,1H3,(H2,8,9). The van der Waals surface area contributed by atoms with Crippen molar-refractivity contribution in [3.05, 3.63) is 0 Å². The number of nitrogens with zero attached hydrogens (tertiary/aromatic N) is 1. The average Bonchev–Trinajstić information content (AvgIpc) is 1.85. The number of ether oxygens (including phenoxy) is 1. The molecule has 0 aliphatic rings. The first-order chi connectivity index (χ1) is 4.66. The lowest BCUT2D eigenvalue weighted by Gasteiger charge is -2.04. The molecule has 4 nitrogen and oxygen atoms in total. The fourth-order valence-corrected chi connectivity index (χ4v) is 0.439. The smallest absolute Gasteiger partial charge is 0.404 e. The van der Waals surface area contributed by atoms with Gasteiger partial charge in [0.25, 0.3) is 0 Å². The van der Waals surface area contributed by atoms with Crippen molar-refractivity contribution in [3.8, 4) is 6.07 Å². The van der Waals surface area contributed by atoms with Crippen LogP contribution < -0.4 is 5.73 Å². The molecular formula is C6H10N2O2. The fourth-order valence-electron chi connectivity index (χ4n) is 0.439. The van der Waals surface area contributed by atoms with Crippen molar-refractivity contribution in [1.29, 1.82) is 5.26 Å². The number of hydrogen-bond donors (Lipinski definition) is 1. The van der Waals surface area contributed by atoms with E-state index in [1.165, 1.54) is 0 Å². The lowest BCUT2D eigenvalue weighted by atomic mass is 10.1. The molecule has 4 heteroatoms. The van der Waals surface area contributed by atoms with Crippen molar-refractivity contribution in [2.75, 3.05) is 6.61 Å². The number of carbonyl (C=O) groups excluding carboxylic acids is 1. The number of carbonyl (C=O) groups is 1. The first-order valence-electron chi connectivity index (χ1n) is 2.96. The molecule has 56 valence electrons. The monoisotopic (exact) mass is 142 g/mol. The molecular weight excluding hydrogens is 132 g/mol. The van der Waals surface area contributed by atoms with Crippen LogP contribution in [0.25, 0.3) is 0 Å². The maximum atomic E-state index is 10.0. The third-order valence-corrected chi connectivity index (χ3v) is 0.950. The van der Waals surface area contributed by atoms with Crippen LogP contribution in [0.4, 0.5) is 4.79 Å². The second kappa shape index (κ2) is 4.62. The number of hydrogen-bond acceptors (Lipinski definition) is 3. The summed E-state index contributed by atoms with van der Waals surface area (Å²) in [7, 11) is 0. The molecule has 0 aliphatic carbocycles. The van der Waals surface area contributed by atoms with Crippen LogP contribution in [0.1, 0.15) is 13.3 Å². The van der Waals surface area contributed by atoms with Gasteiger partial charge in [-0.15, -0.1) is 0 Å². The summed E-state index contributed by atoms with van der Waals surface area (Å²) in [5, 5.41) is 8.18. The zero-order chi connectivity index (χ0) is 7.98. The Hall–Kier alpha value is -1.24. The highest BCUT2D eigenvalue weighted by Gasteiger charge is 2.02. The molecule has 1 unspecified atom stereocenters. The van der Waals surface area contributed by atoms with Crippen molar-refractivity contribution < 1.29 is 9.53 Å². The van der Waals surface area contributed by atoms with Gasteiger partial charge >= 0.3 is 6.09 Å². The summed E-state index contributed by atoms with van der Waals surface area (Å²) in [6, 6.07) is 1.96. The second-order valence-electron chi connectivity index (χ2n) is 2.10. The molecule has 2 N–H and O–H groups in total. The van der Waals surface area contributed by atoms with E-state index in [0.717, 1.165) is 0 Å². The highest BCUT2D eigenvalue weighted by molar-refractivity contribution is 5.64. The third-order valence-electron chi connectivity index (χ3n) is 0.950. The van der Waals surface area contributed by atoms with Crippen molar-refractivity contribution >= 4 is 6.09 Å². The first-order valence-corrected chi connectivity index (χ1v) is 2.96. The lowest BCUT2D eigenvalue weighted by Crippen LogP contribution is -2.17. The second-order valence-corrected chi connectivity index (χ2v) is 2.10. The maximum Gasteiger partial charge on any atom is 0.404 e. The summed E-state index contributed by atoms with van der Waals surface area (Å²) in [4.78, 5) is 10.0. The third kappa shape index (κ3) is 4.91. The topological polar surface area (TPSA) is 76.1 Å². The molecule has 0 aromatic carbocycles. The molecule has 0 aromatic rings. The summed E-state index contributed by atoms with van der Waals surface area (Å²) >= 11 is 0. The fraction of sp³-hybridized carbons (Fsp3) is 0.667. The summed E-state index contributed by atoms with van der Waals surface area (Å²) < 4.78 is 4.44. The molecule has 0 radical (unpaired) electrons. The number of primary amides is 1. The Balaban J connectivity index is 3.32. The van der Waals surface area contributed by atoms with E-state index in [9.17, 15) is 4.79 Å². The highest BCUT2D eigenvalue weighted by atomic mass is 16.5. The Kier molecular flexibility index (Phi) is 4.05. The van der Waals surface area contributed by atoms with Gasteiger partial charge in [0.15, 0.2) is 0 Å². The van der Waals surface area contributed by atoms with Crippen LogP contribution in [0.5, 0.6) is 0 Å². The zero-order valence-electron chi connectivity index (χ0n) is 5.83. The first kappa shape index (κ1) is 8.76. The summed E-state index contributed by atoms with van der Waals surface area (Å²) in [5.41, 5.74) is 4.69. The largest absolute Gasteiger partial charge is 0.449 e. The molecule has 10 heavy (non-hydrogen) atoms. The minimum Gasteiger partial charge on any atom is -0.449 e. The van der Waals surface area contributed by atoms with Gasteiger partial charge < -0.3 is 10.5 Å². The summed E-state index contributed by atoms with van der Waals surface area (Å²) in [5.74, 6) is 0.0671. The van der Waals surface area contributed by atoms with E-state index in [1.807, 2.05) is 13.0 Å². The molecule has 0 spiro atoms. The quantitative estimate of drug-likeness (QED) is 0.627. The van der Waals surface area contributed by atoms with Gasteiger partial charge in [-0.3, -0.25) is 0 Å². The lowest BCUT2D eigenvalue weighted by molar-refractivity contribution is 0.140. The van der Waals surface area contributed by atoms with Gasteiger partial charge in [0.2, 0.25) is 0 Å². The minimum absolute atomic E-state index is 0.0671. The molecule has 0 fully saturated rings. The van der Waals surface area contributed by atoms with Gasteiger partial charge in [0, 0.05) is 12.3 Å². The van der Waals surface area contributed by atoms with Gasteiger partial charge in [0.05, 0.1) is 12.7 Å². The SMILES string of the molecule is CC(CC#N)COC(N)=O. The molecule has 0 saturated heterocycles. The molecule has 0 saturated carbocycles. The summed E-state index contributed by atoms with van der Waals surface area (Å²) in [6.45, 7) is 2.04. The van der Waals surface area contributed by atoms with E-state index >= 15 is 0 Å². The minimum atomic E-state index is -0.787. The van der Waals surface area contributed by atoms with Crippen molar-refractivity contribution in [2.45, 2.75) is 13.3 Å². The van der Waals surface area contributed by atoms with E-state index in [2.05, 4.69) is 4.74 Å². The number of nitriles is 1. The van der Waals surface area contributed by atoms with Crippen LogP contribution in [-0.2, 0) is 4.74 Å². The Morgan fingerprint density at radius 2 is 2.50 bits per heavy atom. The predicted octanol–water partition coefficient (Wildman–Crippen LogP) is 0.631. The Bertz CT molecular complexity index is 150. The predicted molar refractivity (Wildman–Crippen MR) is 34.9 cm³/mol. The van der Waals surface area contributed by atoms with Crippen molar-refractivity contribution in [2.24, 2.45) is 11.7 Å². The molecule has 0 bridgehead atoms. The van der Waals surface area contributed by atoms with Gasteiger partial charge in [-0.2, -0.15) is 5.26 Å².